The highest BCUT2D eigenvalue weighted by atomic mass is 32.2. The maximum atomic E-state index is 12.8. The first-order chi connectivity index (χ1) is 14.2. The average Bonchev–Trinajstić information content (AvgIpc) is 3.11. The first-order valence-electron chi connectivity index (χ1n) is 9.59. The van der Waals surface area contributed by atoms with Crippen LogP contribution in [0, 0.1) is 6.92 Å². The number of rotatable bonds is 6. The molecular weight excluding hydrogens is 398 g/mol. The fraction of sp³-hybridized carbons (Fsp3) is 0.261. The average molecular weight is 424 g/mol. The molecule has 156 valence electrons. The molecule has 2 amide bonds. The van der Waals surface area contributed by atoms with Gasteiger partial charge in [-0.3, -0.25) is 9.59 Å². The fourth-order valence-corrected chi connectivity index (χ4v) is 3.65. The number of benzene rings is 2. The Morgan fingerprint density at radius 2 is 1.73 bits per heavy atom. The van der Waals surface area contributed by atoms with E-state index >= 15 is 0 Å². The SMILES string of the molecule is Cc1cc(CSc2ccccc2C(=O)Nc2ccc(C(=O)NC(C)(C)C)cc2)on1. The van der Waals surface area contributed by atoms with Crippen LogP contribution in [0.25, 0.3) is 0 Å². The lowest BCUT2D eigenvalue weighted by Gasteiger charge is -2.20. The molecule has 0 aliphatic rings. The molecule has 0 aliphatic heterocycles. The molecule has 3 rings (SSSR count). The summed E-state index contributed by atoms with van der Waals surface area (Å²) in [6.45, 7) is 7.66. The third kappa shape index (κ3) is 5.97. The van der Waals surface area contributed by atoms with Crippen LogP contribution in [0.15, 0.2) is 64.0 Å². The highest BCUT2D eigenvalue weighted by molar-refractivity contribution is 7.98. The molecule has 1 heterocycles. The number of hydrogen-bond acceptors (Lipinski definition) is 5. The summed E-state index contributed by atoms with van der Waals surface area (Å²) >= 11 is 1.52. The van der Waals surface area contributed by atoms with E-state index in [1.807, 2.05) is 52.0 Å². The molecule has 6 nitrogen and oxygen atoms in total. The quantitative estimate of drug-likeness (QED) is 0.542. The van der Waals surface area contributed by atoms with Gasteiger partial charge in [-0.2, -0.15) is 0 Å². The van der Waals surface area contributed by atoms with Crippen molar-refractivity contribution in [1.29, 1.82) is 0 Å². The first kappa shape index (κ1) is 21.6. The molecule has 0 fully saturated rings. The number of aromatic nitrogens is 1. The van der Waals surface area contributed by atoms with Crippen molar-refractivity contribution >= 4 is 29.3 Å². The maximum Gasteiger partial charge on any atom is 0.256 e. The van der Waals surface area contributed by atoms with Crippen molar-refractivity contribution < 1.29 is 14.1 Å². The van der Waals surface area contributed by atoms with E-state index in [4.69, 9.17) is 4.52 Å². The Balaban J connectivity index is 1.66. The van der Waals surface area contributed by atoms with Crippen LogP contribution in [-0.4, -0.2) is 22.5 Å². The Morgan fingerprint density at radius 1 is 1.03 bits per heavy atom. The van der Waals surface area contributed by atoms with E-state index in [2.05, 4.69) is 15.8 Å². The van der Waals surface area contributed by atoms with Gasteiger partial charge in [-0.1, -0.05) is 17.3 Å². The van der Waals surface area contributed by atoms with Gasteiger partial charge in [0, 0.05) is 27.8 Å². The normalized spacial score (nSPS) is 11.2. The third-order valence-electron chi connectivity index (χ3n) is 4.07. The lowest BCUT2D eigenvalue weighted by molar-refractivity contribution is 0.0919. The minimum atomic E-state index is -0.310. The van der Waals surface area contributed by atoms with Gasteiger partial charge >= 0.3 is 0 Å². The predicted molar refractivity (Wildman–Crippen MR) is 119 cm³/mol. The fourth-order valence-electron chi connectivity index (χ4n) is 2.73. The number of nitrogens with one attached hydrogen (secondary N) is 2. The van der Waals surface area contributed by atoms with E-state index in [0.717, 1.165) is 16.3 Å². The van der Waals surface area contributed by atoms with Gasteiger partial charge in [-0.05, 0) is 64.1 Å². The van der Waals surface area contributed by atoms with Gasteiger partial charge in [0.25, 0.3) is 11.8 Å². The molecule has 0 aliphatic carbocycles. The molecule has 0 spiro atoms. The van der Waals surface area contributed by atoms with Crippen molar-refractivity contribution in [2.24, 2.45) is 0 Å². The number of thioether (sulfide) groups is 1. The summed E-state index contributed by atoms with van der Waals surface area (Å²) in [5, 5.41) is 9.70. The molecule has 0 saturated heterocycles. The molecule has 7 heteroatoms. The lowest BCUT2D eigenvalue weighted by atomic mass is 10.1. The Kier molecular flexibility index (Phi) is 6.62. The molecule has 30 heavy (non-hydrogen) atoms. The van der Waals surface area contributed by atoms with Gasteiger partial charge in [-0.15, -0.1) is 11.8 Å². The zero-order valence-corrected chi connectivity index (χ0v) is 18.3. The maximum absolute atomic E-state index is 12.8. The number of hydrogen-bond donors (Lipinski definition) is 2. The lowest BCUT2D eigenvalue weighted by Crippen LogP contribution is -2.40. The van der Waals surface area contributed by atoms with Crippen molar-refractivity contribution in [1.82, 2.24) is 10.5 Å². The van der Waals surface area contributed by atoms with Gasteiger partial charge in [-0.25, -0.2) is 0 Å². The Morgan fingerprint density at radius 3 is 2.37 bits per heavy atom. The van der Waals surface area contributed by atoms with Crippen molar-refractivity contribution in [3.8, 4) is 0 Å². The van der Waals surface area contributed by atoms with Gasteiger partial charge < -0.3 is 15.2 Å². The Hall–Kier alpha value is -3.06. The molecule has 2 N–H and O–H groups in total. The third-order valence-corrected chi connectivity index (χ3v) is 5.17. The molecule has 1 aromatic heterocycles. The van der Waals surface area contributed by atoms with Crippen LogP contribution < -0.4 is 10.6 Å². The number of carbonyl (C=O) groups excluding carboxylic acids is 2. The highest BCUT2D eigenvalue weighted by Crippen LogP contribution is 2.27. The van der Waals surface area contributed by atoms with Gasteiger partial charge in [0.05, 0.1) is 17.0 Å². The largest absolute Gasteiger partial charge is 0.360 e. The van der Waals surface area contributed by atoms with E-state index in [9.17, 15) is 9.59 Å². The van der Waals surface area contributed by atoms with E-state index in [1.165, 1.54) is 11.8 Å². The van der Waals surface area contributed by atoms with E-state index < -0.39 is 0 Å². The van der Waals surface area contributed by atoms with E-state index in [1.54, 1.807) is 30.3 Å². The molecule has 0 saturated carbocycles. The first-order valence-corrected chi connectivity index (χ1v) is 10.6. The molecule has 0 radical (unpaired) electrons. The zero-order valence-electron chi connectivity index (χ0n) is 17.5. The van der Waals surface area contributed by atoms with E-state index in [-0.39, 0.29) is 17.4 Å². The molecular formula is C23H25N3O3S. The van der Waals surface area contributed by atoms with Crippen LogP contribution in [0.4, 0.5) is 5.69 Å². The second-order valence-corrected chi connectivity index (χ2v) is 8.97. The second-order valence-electron chi connectivity index (χ2n) is 7.96. The standard InChI is InChI=1S/C23H25N3O3S/c1-15-13-18(29-26-15)14-30-20-8-6-5-7-19(20)22(28)24-17-11-9-16(10-12-17)21(27)25-23(2,3)4/h5-13H,14H2,1-4H3,(H,24,28)(H,25,27). The summed E-state index contributed by atoms with van der Waals surface area (Å²) < 4.78 is 5.24. The van der Waals surface area contributed by atoms with Crippen LogP contribution in [0.5, 0.6) is 0 Å². The smallest absolute Gasteiger partial charge is 0.256 e. The van der Waals surface area contributed by atoms with Crippen molar-refractivity contribution in [2.75, 3.05) is 5.32 Å². The summed E-state index contributed by atoms with van der Waals surface area (Å²) in [5.74, 6) is 0.989. The van der Waals surface area contributed by atoms with E-state index in [0.29, 0.717) is 22.6 Å². The Bertz CT molecular complexity index is 1040. The number of nitrogens with zero attached hydrogens (tertiary/aromatic N) is 1. The summed E-state index contributed by atoms with van der Waals surface area (Å²) in [4.78, 5) is 25.9. The number of carbonyl (C=O) groups is 2. The minimum Gasteiger partial charge on any atom is -0.360 e. The Labute approximate surface area is 180 Å². The molecule has 2 aromatic carbocycles. The molecule has 0 unspecified atom stereocenters. The summed E-state index contributed by atoms with van der Waals surface area (Å²) in [6, 6.07) is 16.1. The number of aryl methyl sites for hydroxylation is 1. The minimum absolute atomic E-state index is 0.148. The van der Waals surface area contributed by atoms with Crippen LogP contribution in [0.3, 0.4) is 0 Å². The highest BCUT2D eigenvalue weighted by Gasteiger charge is 2.16. The number of anilines is 1. The van der Waals surface area contributed by atoms with Gasteiger partial charge in [0.2, 0.25) is 0 Å². The molecule has 3 aromatic rings. The zero-order chi connectivity index (χ0) is 21.7. The van der Waals surface area contributed by atoms with Crippen molar-refractivity contribution in [3.63, 3.8) is 0 Å². The van der Waals surface area contributed by atoms with Crippen LogP contribution in [0.2, 0.25) is 0 Å². The van der Waals surface area contributed by atoms with Crippen LogP contribution >= 0.6 is 11.8 Å². The van der Waals surface area contributed by atoms with Crippen molar-refractivity contribution in [3.05, 3.63) is 77.2 Å². The van der Waals surface area contributed by atoms with Crippen molar-refractivity contribution in [2.45, 2.75) is 43.9 Å². The van der Waals surface area contributed by atoms with Crippen LogP contribution in [-0.2, 0) is 5.75 Å². The molecule has 0 atom stereocenters. The number of amides is 2. The van der Waals surface area contributed by atoms with Crippen LogP contribution in [0.1, 0.15) is 52.9 Å². The summed E-state index contributed by atoms with van der Waals surface area (Å²) in [5.41, 5.74) is 2.26. The molecule has 0 bridgehead atoms. The summed E-state index contributed by atoms with van der Waals surface area (Å²) in [6.07, 6.45) is 0. The van der Waals surface area contributed by atoms with Gasteiger partial charge in [0.15, 0.2) is 0 Å². The van der Waals surface area contributed by atoms with Gasteiger partial charge in [0.1, 0.15) is 5.76 Å². The summed E-state index contributed by atoms with van der Waals surface area (Å²) in [7, 11) is 0. The second kappa shape index (κ2) is 9.17. The monoisotopic (exact) mass is 423 g/mol. The topological polar surface area (TPSA) is 84.2 Å². The predicted octanol–water partition coefficient (Wildman–Crippen LogP) is 5.06.